The molecule has 0 unspecified atom stereocenters. The Morgan fingerprint density at radius 3 is 2.12 bits per heavy atom. The van der Waals surface area contributed by atoms with E-state index in [1.807, 2.05) is 18.7 Å². The van der Waals surface area contributed by atoms with Gasteiger partial charge in [0.2, 0.25) is 5.91 Å². The van der Waals surface area contributed by atoms with Crippen LogP contribution in [0, 0.1) is 5.92 Å². The van der Waals surface area contributed by atoms with Gasteiger partial charge in [0.15, 0.2) is 0 Å². The topological polar surface area (TPSA) is 87.7 Å². The second-order valence-electron chi connectivity index (χ2n) is 8.66. The minimum atomic E-state index is -0.624. The number of nitrogens with zero attached hydrogens (tertiary/aromatic N) is 1. The number of hydrogen-bond donors (Lipinski definition) is 2. The van der Waals surface area contributed by atoms with E-state index >= 15 is 0 Å². The molecule has 2 aromatic rings. The molecule has 1 atom stereocenters. The van der Waals surface area contributed by atoms with E-state index in [9.17, 15) is 14.4 Å². The van der Waals surface area contributed by atoms with Gasteiger partial charge in [-0.15, -0.1) is 0 Å². The van der Waals surface area contributed by atoms with Gasteiger partial charge in [0.05, 0.1) is 18.4 Å². The van der Waals surface area contributed by atoms with Crippen molar-refractivity contribution in [2.45, 2.75) is 45.6 Å². The highest BCUT2D eigenvalue weighted by atomic mass is 16.5. The zero-order valence-electron chi connectivity index (χ0n) is 19.6. The summed E-state index contributed by atoms with van der Waals surface area (Å²) in [4.78, 5) is 41.0. The van der Waals surface area contributed by atoms with Crippen LogP contribution in [-0.4, -0.2) is 48.9 Å². The lowest BCUT2D eigenvalue weighted by atomic mass is 10.0. The van der Waals surface area contributed by atoms with Crippen molar-refractivity contribution in [3.8, 4) is 5.75 Å². The fraction of sp³-hybridized carbons (Fsp3) is 0.423. The van der Waals surface area contributed by atoms with E-state index < -0.39 is 6.04 Å². The number of amides is 3. The van der Waals surface area contributed by atoms with Crippen LogP contribution in [0.4, 0.5) is 5.69 Å². The molecule has 0 aromatic heterocycles. The van der Waals surface area contributed by atoms with Gasteiger partial charge >= 0.3 is 0 Å². The van der Waals surface area contributed by atoms with E-state index in [0.717, 1.165) is 38.8 Å². The Balaban J connectivity index is 1.74. The van der Waals surface area contributed by atoms with Gasteiger partial charge in [-0.2, -0.15) is 0 Å². The Labute approximate surface area is 195 Å². The molecule has 176 valence electrons. The molecule has 2 aromatic carbocycles. The molecule has 1 saturated heterocycles. The van der Waals surface area contributed by atoms with Crippen molar-refractivity contribution in [1.29, 1.82) is 0 Å². The highest BCUT2D eigenvalue weighted by Gasteiger charge is 2.30. The summed E-state index contributed by atoms with van der Waals surface area (Å²) < 4.78 is 5.13. The van der Waals surface area contributed by atoms with Crippen molar-refractivity contribution < 1.29 is 19.1 Å². The van der Waals surface area contributed by atoms with Gasteiger partial charge in [-0.1, -0.05) is 38.8 Å². The Morgan fingerprint density at radius 2 is 1.52 bits per heavy atom. The molecule has 0 bridgehead atoms. The zero-order valence-corrected chi connectivity index (χ0v) is 19.6. The van der Waals surface area contributed by atoms with Crippen LogP contribution in [0.3, 0.4) is 0 Å². The number of ether oxygens (including phenoxy) is 1. The van der Waals surface area contributed by atoms with Crippen LogP contribution < -0.4 is 15.4 Å². The minimum Gasteiger partial charge on any atom is -0.497 e. The van der Waals surface area contributed by atoms with Gasteiger partial charge in [-0.25, -0.2) is 0 Å². The van der Waals surface area contributed by atoms with Gasteiger partial charge in [0, 0.05) is 18.7 Å². The molecule has 33 heavy (non-hydrogen) atoms. The summed E-state index contributed by atoms with van der Waals surface area (Å²) in [7, 11) is 1.56. The molecule has 2 N–H and O–H groups in total. The van der Waals surface area contributed by atoms with Crippen molar-refractivity contribution >= 4 is 23.4 Å². The fourth-order valence-electron chi connectivity index (χ4n) is 3.95. The summed E-state index contributed by atoms with van der Waals surface area (Å²) in [6.07, 6.45) is 4.24. The maximum absolute atomic E-state index is 13.2. The molecule has 3 rings (SSSR count). The molecule has 0 spiro atoms. The molecule has 0 saturated carbocycles. The number of nitrogens with one attached hydrogen (secondary N) is 2. The quantitative estimate of drug-likeness (QED) is 0.663. The van der Waals surface area contributed by atoms with E-state index in [1.54, 1.807) is 55.6 Å². The summed E-state index contributed by atoms with van der Waals surface area (Å²) in [5.41, 5.74) is 1.15. The molecular formula is C26H33N3O4. The van der Waals surface area contributed by atoms with E-state index in [1.165, 1.54) is 0 Å². The van der Waals surface area contributed by atoms with Crippen LogP contribution >= 0.6 is 0 Å². The number of carbonyl (C=O) groups is 3. The van der Waals surface area contributed by atoms with Crippen LogP contribution in [0.2, 0.25) is 0 Å². The first kappa shape index (κ1) is 24.3. The summed E-state index contributed by atoms with van der Waals surface area (Å²) in [6, 6.07) is 12.9. The second-order valence-corrected chi connectivity index (χ2v) is 8.66. The molecular weight excluding hydrogens is 418 g/mol. The van der Waals surface area contributed by atoms with Crippen LogP contribution in [0.25, 0.3) is 0 Å². The van der Waals surface area contributed by atoms with Crippen molar-refractivity contribution in [3.05, 3.63) is 59.7 Å². The average molecular weight is 452 g/mol. The number of hydrogen-bond acceptors (Lipinski definition) is 4. The normalized spacial score (nSPS) is 14.8. The largest absolute Gasteiger partial charge is 0.497 e. The molecule has 1 aliphatic heterocycles. The Morgan fingerprint density at radius 1 is 0.879 bits per heavy atom. The minimum absolute atomic E-state index is 0.0417. The summed E-state index contributed by atoms with van der Waals surface area (Å²) >= 11 is 0. The van der Waals surface area contributed by atoms with Gasteiger partial charge in [0.25, 0.3) is 11.8 Å². The lowest BCUT2D eigenvalue weighted by Crippen LogP contribution is -2.51. The number of methoxy groups -OCH3 is 1. The van der Waals surface area contributed by atoms with Crippen molar-refractivity contribution in [1.82, 2.24) is 10.2 Å². The smallest absolute Gasteiger partial charge is 0.255 e. The molecule has 1 aliphatic rings. The van der Waals surface area contributed by atoms with Crippen molar-refractivity contribution in [2.24, 2.45) is 5.92 Å². The highest BCUT2D eigenvalue weighted by Crippen LogP contribution is 2.19. The first-order valence-electron chi connectivity index (χ1n) is 11.5. The van der Waals surface area contributed by atoms with E-state index in [0.29, 0.717) is 22.6 Å². The van der Waals surface area contributed by atoms with Gasteiger partial charge in [0.1, 0.15) is 11.8 Å². The van der Waals surface area contributed by atoms with Crippen molar-refractivity contribution in [2.75, 3.05) is 25.5 Å². The molecule has 0 aliphatic carbocycles. The SMILES string of the molecule is COc1ccc(C(=O)Nc2ccccc2C(=O)N[C@@H](C(=O)N2CCCCCC2)C(C)C)cc1. The summed E-state index contributed by atoms with van der Waals surface area (Å²) in [6.45, 7) is 5.31. The van der Waals surface area contributed by atoms with E-state index in [-0.39, 0.29) is 23.6 Å². The monoisotopic (exact) mass is 451 g/mol. The predicted molar refractivity (Wildman–Crippen MR) is 129 cm³/mol. The van der Waals surface area contributed by atoms with Gasteiger partial charge in [-0.05, 0) is 55.2 Å². The zero-order chi connectivity index (χ0) is 23.8. The predicted octanol–water partition coefficient (Wildman–Crippen LogP) is 4.10. The third-order valence-corrected chi connectivity index (χ3v) is 5.91. The molecule has 1 heterocycles. The van der Waals surface area contributed by atoms with Crippen LogP contribution in [-0.2, 0) is 4.79 Å². The molecule has 7 nitrogen and oxygen atoms in total. The molecule has 1 fully saturated rings. The summed E-state index contributed by atoms with van der Waals surface area (Å²) in [5.74, 6) is -0.174. The Bertz CT molecular complexity index is 964. The Hall–Kier alpha value is -3.35. The average Bonchev–Trinajstić information content (AvgIpc) is 3.12. The molecule has 7 heteroatoms. The molecule has 3 amide bonds. The third kappa shape index (κ3) is 6.34. The molecule has 0 radical (unpaired) electrons. The number of benzene rings is 2. The van der Waals surface area contributed by atoms with Crippen LogP contribution in [0.5, 0.6) is 5.75 Å². The first-order chi connectivity index (χ1) is 15.9. The second kappa shape index (κ2) is 11.5. The maximum atomic E-state index is 13.2. The highest BCUT2D eigenvalue weighted by molar-refractivity contribution is 6.09. The number of anilines is 1. The number of carbonyl (C=O) groups excluding carboxylic acids is 3. The summed E-state index contributed by atoms with van der Waals surface area (Å²) in [5, 5.41) is 5.73. The number of para-hydroxylation sites is 1. The fourth-order valence-corrected chi connectivity index (χ4v) is 3.95. The van der Waals surface area contributed by atoms with E-state index in [4.69, 9.17) is 4.74 Å². The van der Waals surface area contributed by atoms with E-state index in [2.05, 4.69) is 10.6 Å². The van der Waals surface area contributed by atoms with Crippen LogP contribution in [0.15, 0.2) is 48.5 Å². The maximum Gasteiger partial charge on any atom is 0.255 e. The number of likely N-dealkylation sites (tertiary alicyclic amines) is 1. The standard InChI is InChI=1S/C26H33N3O4/c1-18(2)23(26(32)29-16-8-4-5-9-17-29)28-25(31)21-10-6-7-11-22(21)27-24(30)19-12-14-20(33-3)15-13-19/h6-7,10-15,18,23H,4-5,8-9,16-17H2,1-3H3,(H,27,30)(H,28,31)/t23-/m1/s1. The number of rotatable bonds is 7. The third-order valence-electron chi connectivity index (χ3n) is 5.91. The van der Waals surface area contributed by atoms with Gasteiger partial charge in [-0.3, -0.25) is 14.4 Å². The lowest BCUT2D eigenvalue weighted by Gasteiger charge is -2.29. The van der Waals surface area contributed by atoms with Crippen molar-refractivity contribution in [3.63, 3.8) is 0 Å². The lowest BCUT2D eigenvalue weighted by molar-refractivity contribution is -0.134. The van der Waals surface area contributed by atoms with Crippen LogP contribution in [0.1, 0.15) is 60.2 Å². The van der Waals surface area contributed by atoms with Gasteiger partial charge < -0.3 is 20.3 Å². The first-order valence-corrected chi connectivity index (χ1v) is 11.5. The Kier molecular flexibility index (Phi) is 8.46.